The standard InChI is InChI=1S/C14H21ClN2O3.ClH/c1-19-11-9-16-7-8-17-14(18)6-10-20-13-4-2-12(15)3-5-13;/h2-5,16H,6-11H2,1H3,(H,17,18);1H. The second-order valence-corrected chi connectivity index (χ2v) is 4.58. The minimum atomic E-state index is -0.0208. The number of nitrogens with one attached hydrogen (secondary N) is 2. The van der Waals surface area contributed by atoms with Crippen molar-refractivity contribution in [1.29, 1.82) is 0 Å². The van der Waals surface area contributed by atoms with Crippen molar-refractivity contribution < 1.29 is 14.3 Å². The van der Waals surface area contributed by atoms with Crippen LogP contribution >= 0.6 is 24.0 Å². The van der Waals surface area contributed by atoms with Gasteiger partial charge in [-0.3, -0.25) is 4.79 Å². The van der Waals surface area contributed by atoms with Gasteiger partial charge in [-0.05, 0) is 24.3 Å². The van der Waals surface area contributed by atoms with Gasteiger partial charge in [-0.2, -0.15) is 0 Å². The van der Waals surface area contributed by atoms with Crippen LogP contribution in [-0.4, -0.2) is 45.9 Å². The number of benzene rings is 1. The maximum atomic E-state index is 11.5. The Labute approximate surface area is 136 Å². The largest absolute Gasteiger partial charge is 0.493 e. The highest BCUT2D eigenvalue weighted by atomic mass is 35.5. The minimum Gasteiger partial charge on any atom is -0.493 e. The van der Waals surface area contributed by atoms with Crippen molar-refractivity contribution in [2.24, 2.45) is 0 Å². The van der Waals surface area contributed by atoms with Crippen LogP contribution in [0.25, 0.3) is 0 Å². The summed E-state index contributed by atoms with van der Waals surface area (Å²) < 4.78 is 10.3. The Bertz CT molecular complexity index is 388. The number of ether oxygens (including phenoxy) is 2. The lowest BCUT2D eigenvalue weighted by molar-refractivity contribution is -0.121. The molecule has 0 saturated carbocycles. The normalized spacial score (nSPS) is 9.81. The molecule has 0 aliphatic heterocycles. The van der Waals surface area contributed by atoms with E-state index in [0.717, 1.165) is 13.1 Å². The van der Waals surface area contributed by atoms with Crippen molar-refractivity contribution in [1.82, 2.24) is 10.6 Å². The molecule has 1 rings (SSSR count). The molecule has 1 aromatic carbocycles. The lowest BCUT2D eigenvalue weighted by Gasteiger charge is -2.08. The molecule has 0 radical (unpaired) electrons. The molecule has 7 heteroatoms. The summed E-state index contributed by atoms with van der Waals surface area (Å²) in [6.45, 7) is 3.14. The van der Waals surface area contributed by atoms with Crippen molar-refractivity contribution in [2.45, 2.75) is 6.42 Å². The lowest BCUT2D eigenvalue weighted by atomic mass is 10.3. The summed E-state index contributed by atoms with van der Waals surface area (Å²) in [7, 11) is 1.66. The molecule has 0 aromatic heterocycles. The summed E-state index contributed by atoms with van der Waals surface area (Å²) in [6, 6.07) is 7.06. The van der Waals surface area contributed by atoms with Gasteiger partial charge in [0.05, 0.1) is 19.6 Å². The third-order valence-electron chi connectivity index (χ3n) is 2.52. The molecule has 0 saturated heterocycles. The highest BCUT2D eigenvalue weighted by Crippen LogP contribution is 2.15. The zero-order chi connectivity index (χ0) is 14.6. The highest BCUT2D eigenvalue weighted by Gasteiger charge is 2.01. The number of carbonyl (C=O) groups is 1. The minimum absolute atomic E-state index is 0. The van der Waals surface area contributed by atoms with Gasteiger partial charge in [0.2, 0.25) is 5.91 Å². The molecule has 2 N–H and O–H groups in total. The third kappa shape index (κ3) is 10.4. The molecule has 5 nitrogen and oxygen atoms in total. The van der Waals surface area contributed by atoms with Crippen LogP contribution in [0.4, 0.5) is 0 Å². The van der Waals surface area contributed by atoms with Crippen LogP contribution in [0, 0.1) is 0 Å². The molecule has 0 heterocycles. The van der Waals surface area contributed by atoms with Gasteiger partial charge in [0, 0.05) is 31.8 Å². The molecule has 0 spiro atoms. The summed E-state index contributed by atoms with van der Waals surface area (Å²) in [5.41, 5.74) is 0. The first-order chi connectivity index (χ1) is 9.72. The predicted octanol–water partition coefficient (Wildman–Crippen LogP) is 1.88. The summed E-state index contributed by atoms with van der Waals surface area (Å²) >= 11 is 5.77. The van der Waals surface area contributed by atoms with E-state index in [2.05, 4.69) is 10.6 Å². The number of carbonyl (C=O) groups excluding carboxylic acids is 1. The van der Waals surface area contributed by atoms with Crippen LogP contribution in [0.1, 0.15) is 6.42 Å². The Hall–Kier alpha value is -1.01. The Balaban J connectivity index is 0.00000400. The number of hydrogen-bond donors (Lipinski definition) is 2. The number of halogens is 2. The van der Waals surface area contributed by atoms with E-state index >= 15 is 0 Å². The summed E-state index contributed by atoms with van der Waals surface area (Å²) in [5.74, 6) is 0.691. The Morgan fingerprint density at radius 3 is 2.52 bits per heavy atom. The number of amides is 1. The van der Waals surface area contributed by atoms with E-state index in [1.807, 2.05) is 0 Å². The summed E-state index contributed by atoms with van der Waals surface area (Å²) in [6.07, 6.45) is 0.334. The monoisotopic (exact) mass is 336 g/mol. The quantitative estimate of drug-likeness (QED) is 0.640. The van der Waals surface area contributed by atoms with E-state index < -0.39 is 0 Å². The molecule has 1 amide bonds. The average molecular weight is 337 g/mol. The second-order valence-electron chi connectivity index (χ2n) is 4.15. The van der Waals surface area contributed by atoms with Crippen LogP contribution in [0.5, 0.6) is 5.75 Å². The zero-order valence-corrected chi connectivity index (χ0v) is 13.6. The molecule has 0 bridgehead atoms. The number of rotatable bonds is 10. The molecule has 0 fully saturated rings. The molecule has 0 aliphatic rings. The van der Waals surface area contributed by atoms with E-state index in [9.17, 15) is 4.79 Å². The van der Waals surface area contributed by atoms with Crippen LogP contribution in [-0.2, 0) is 9.53 Å². The first kappa shape index (κ1) is 20.0. The Kier molecular flexibility index (Phi) is 12.1. The van der Waals surface area contributed by atoms with Gasteiger partial charge >= 0.3 is 0 Å². The number of methoxy groups -OCH3 is 1. The van der Waals surface area contributed by atoms with E-state index in [0.29, 0.717) is 37.0 Å². The molecular weight excluding hydrogens is 315 g/mol. The van der Waals surface area contributed by atoms with Crippen LogP contribution in [0.3, 0.4) is 0 Å². The topological polar surface area (TPSA) is 59.6 Å². The van der Waals surface area contributed by atoms with Crippen LogP contribution in [0.15, 0.2) is 24.3 Å². The van der Waals surface area contributed by atoms with Crippen molar-refractivity contribution in [3.63, 3.8) is 0 Å². The molecule has 21 heavy (non-hydrogen) atoms. The molecule has 120 valence electrons. The average Bonchev–Trinajstić information content (AvgIpc) is 2.45. The van der Waals surface area contributed by atoms with E-state index in [1.165, 1.54) is 0 Å². The first-order valence-corrected chi connectivity index (χ1v) is 6.95. The van der Waals surface area contributed by atoms with Gasteiger partial charge in [0.15, 0.2) is 0 Å². The van der Waals surface area contributed by atoms with Gasteiger partial charge < -0.3 is 20.1 Å². The Morgan fingerprint density at radius 1 is 1.14 bits per heavy atom. The third-order valence-corrected chi connectivity index (χ3v) is 2.77. The molecule has 0 atom stereocenters. The second kappa shape index (κ2) is 12.7. The van der Waals surface area contributed by atoms with E-state index in [-0.39, 0.29) is 18.3 Å². The fourth-order valence-electron chi connectivity index (χ4n) is 1.47. The maximum Gasteiger partial charge on any atom is 0.223 e. The maximum absolute atomic E-state index is 11.5. The lowest BCUT2D eigenvalue weighted by Crippen LogP contribution is -2.33. The Morgan fingerprint density at radius 2 is 1.86 bits per heavy atom. The van der Waals surface area contributed by atoms with Crippen molar-refractivity contribution in [3.05, 3.63) is 29.3 Å². The van der Waals surface area contributed by atoms with Crippen molar-refractivity contribution in [2.75, 3.05) is 40.0 Å². The molecule has 0 aliphatic carbocycles. The highest BCUT2D eigenvalue weighted by molar-refractivity contribution is 6.30. The van der Waals surface area contributed by atoms with E-state index in [4.69, 9.17) is 21.1 Å². The van der Waals surface area contributed by atoms with Crippen molar-refractivity contribution >= 4 is 29.9 Å². The van der Waals surface area contributed by atoms with Crippen LogP contribution < -0.4 is 15.4 Å². The molecule has 0 unspecified atom stereocenters. The fraction of sp³-hybridized carbons (Fsp3) is 0.500. The molecule has 1 aromatic rings. The fourth-order valence-corrected chi connectivity index (χ4v) is 1.60. The predicted molar refractivity (Wildman–Crippen MR) is 86.6 cm³/mol. The summed E-state index contributed by atoms with van der Waals surface area (Å²) in [5, 5.41) is 6.62. The van der Waals surface area contributed by atoms with E-state index in [1.54, 1.807) is 31.4 Å². The number of hydrogen-bond acceptors (Lipinski definition) is 4. The van der Waals surface area contributed by atoms with Crippen LogP contribution in [0.2, 0.25) is 5.02 Å². The zero-order valence-electron chi connectivity index (χ0n) is 12.1. The van der Waals surface area contributed by atoms with Gasteiger partial charge in [0.1, 0.15) is 5.75 Å². The molecular formula is C14H22Cl2N2O3. The van der Waals surface area contributed by atoms with Gasteiger partial charge in [0.25, 0.3) is 0 Å². The summed E-state index contributed by atoms with van der Waals surface area (Å²) in [4.78, 5) is 11.5. The first-order valence-electron chi connectivity index (χ1n) is 6.57. The van der Waals surface area contributed by atoms with Crippen molar-refractivity contribution in [3.8, 4) is 5.75 Å². The van der Waals surface area contributed by atoms with Gasteiger partial charge in [-0.1, -0.05) is 11.6 Å². The SMILES string of the molecule is COCCNCCNC(=O)CCOc1ccc(Cl)cc1.Cl. The smallest absolute Gasteiger partial charge is 0.223 e. The van der Waals surface area contributed by atoms with Gasteiger partial charge in [-0.25, -0.2) is 0 Å². The van der Waals surface area contributed by atoms with Gasteiger partial charge in [-0.15, -0.1) is 12.4 Å².